The predicted octanol–water partition coefficient (Wildman–Crippen LogP) is 3.50. The van der Waals surface area contributed by atoms with Crippen LogP contribution in [0.4, 0.5) is 5.13 Å². The molecule has 1 heterocycles. The lowest BCUT2D eigenvalue weighted by Crippen LogP contribution is -2.16. The van der Waals surface area contributed by atoms with Gasteiger partial charge in [-0.15, -0.1) is 0 Å². The smallest absolute Gasteiger partial charge is 0.203 e. The maximum Gasteiger partial charge on any atom is 0.203 e. The minimum absolute atomic E-state index is 0.180. The topological polar surface area (TPSA) is 56.3 Å². The van der Waals surface area contributed by atoms with E-state index < -0.39 is 0 Å². The van der Waals surface area contributed by atoms with Gasteiger partial charge in [0.05, 0.1) is 13.2 Å². The molecule has 0 spiro atoms. The molecule has 0 radical (unpaired) electrons. The molecule has 6 heteroatoms. The minimum atomic E-state index is 0.180. The van der Waals surface area contributed by atoms with E-state index >= 15 is 0 Å². The van der Waals surface area contributed by atoms with E-state index in [4.69, 9.17) is 9.47 Å². The largest absolute Gasteiger partial charge is 0.497 e. The Kier molecular flexibility index (Phi) is 5.52. The second-order valence-corrected chi connectivity index (χ2v) is 5.84. The first-order valence-electron chi connectivity index (χ1n) is 6.86. The molecule has 1 aromatic carbocycles. The monoisotopic (exact) mass is 307 g/mol. The van der Waals surface area contributed by atoms with Gasteiger partial charge in [0.2, 0.25) is 5.13 Å². The second-order valence-electron chi connectivity index (χ2n) is 5.09. The molecule has 0 aliphatic rings. The highest BCUT2D eigenvalue weighted by Crippen LogP contribution is 2.28. The van der Waals surface area contributed by atoms with Gasteiger partial charge in [-0.25, -0.2) is 4.98 Å². The number of rotatable bonds is 7. The fourth-order valence-electron chi connectivity index (χ4n) is 2.08. The molecule has 0 aliphatic heterocycles. The summed E-state index contributed by atoms with van der Waals surface area (Å²) in [5.74, 6) is 2.00. The molecule has 1 unspecified atom stereocenters. The fraction of sp³-hybridized carbons (Fsp3) is 0.467. The zero-order chi connectivity index (χ0) is 15.2. The average molecular weight is 307 g/mol. The molecule has 0 fully saturated rings. The van der Waals surface area contributed by atoms with Gasteiger partial charge in [0.25, 0.3) is 0 Å². The number of nitrogens with one attached hydrogen (secondary N) is 1. The van der Waals surface area contributed by atoms with Crippen LogP contribution < -0.4 is 10.1 Å². The summed E-state index contributed by atoms with van der Waals surface area (Å²) in [6.07, 6.45) is 0. The van der Waals surface area contributed by atoms with E-state index in [0.29, 0.717) is 18.3 Å². The number of hydrogen-bond acceptors (Lipinski definition) is 6. The Labute approximate surface area is 129 Å². The number of ether oxygens (including phenoxy) is 2. The van der Waals surface area contributed by atoms with Crippen LogP contribution in [-0.2, 0) is 11.3 Å². The minimum Gasteiger partial charge on any atom is -0.497 e. The quantitative estimate of drug-likeness (QED) is 0.848. The fourth-order valence-corrected chi connectivity index (χ4v) is 2.69. The van der Waals surface area contributed by atoms with Crippen LogP contribution in [0.25, 0.3) is 0 Å². The summed E-state index contributed by atoms with van der Waals surface area (Å²) in [7, 11) is 3.31. The molecular weight excluding hydrogens is 286 g/mol. The van der Waals surface area contributed by atoms with Crippen LogP contribution in [0.2, 0.25) is 0 Å². The SMILES string of the molecule is COCc1nsc(NC(c2ccc(OC)cc2)C(C)C)n1. The van der Waals surface area contributed by atoms with Crippen molar-refractivity contribution in [2.24, 2.45) is 5.92 Å². The molecule has 0 amide bonds. The molecule has 1 N–H and O–H groups in total. The van der Waals surface area contributed by atoms with E-state index in [1.54, 1.807) is 14.2 Å². The number of methoxy groups -OCH3 is 2. The van der Waals surface area contributed by atoms with Crippen LogP contribution in [0.1, 0.15) is 31.3 Å². The van der Waals surface area contributed by atoms with Gasteiger partial charge in [0.15, 0.2) is 5.82 Å². The van der Waals surface area contributed by atoms with Crippen molar-refractivity contribution in [1.82, 2.24) is 9.36 Å². The Bertz CT molecular complexity index is 554. The highest BCUT2D eigenvalue weighted by Gasteiger charge is 2.17. The number of anilines is 1. The van der Waals surface area contributed by atoms with Crippen LogP contribution in [0.3, 0.4) is 0 Å². The van der Waals surface area contributed by atoms with Gasteiger partial charge in [0, 0.05) is 18.6 Å². The molecule has 5 nitrogen and oxygen atoms in total. The van der Waals surface area contributed by atoms with Gasteiger partial charge in [-0.3, -0.25) is 0 Å². The number of aromatic nitrogens is 2. The molecule has 0 saturated heterocycles. The molecule has 0 bridgehead atoms. The molecule has 21 heavy (non-hydrogen) atoms. The Morgan fingerprint density at radius 2 is 1.90 bits per heavy atom. The van der Waals surface area contributed by atoms with Crippen molar-refractivity contribution in [2.75, 3.05) is 19.5 Å². The highest BCUT2D eigenvalue weighted by atomic mass is 32.1. The Morgan fingerprint density at radius 1 is 1.19 bits per heavy atom. The Hall–Kier alpha value is -1.66. The maximum absolute atomic E-state index is 5.20. The van der Waals surface area contributed by atoms with E-state index in [-0.39, 0.29) is 6.04 Å². The Balaban J connectivity index is 2.13. The summed E-state index contributed by atoms with van der Waals surface area (Å²) in [4.78, 5) is 4.43. The second kappa shape index (κ2) is 7.38. The number of benzene rings is 1. The normalized spacial score (nSPS) is 12.4. The first-order valence-corrected chi connectivity index (χ1v) is 7.63. The molecule has 1 aromatic heterocycles. The molecule has 2 aromatic rings. The summed E-state index contributed by atoms with van der Waals surface area (Å²) in [6, 6.07) is 8.28. The predicted molar refractivity (Wildman–Crippen MR) is 84.8 cm³/mol. The van der Waals surface area contributed by atoms with Crippen LogP contribution in [0.15, 0.2) is 24.3 Å². The lowest BCUT2D eigenvalue weighted by Gasteiger charge is -2.22. The average Bonchev–Trinajstić information content (AvgIpc) is 2.92. The molecular formula is C15H21N3O2S. The third-order valence-corrected chi connectivity index (χ3v) is 3.85. The summed E-state index contributed by atoms with van der Waals surface area (Å²) >= 11 is 1.36. The van der Waals surface area contributed by atoms with Crippen molar-refractivity contribution in [2.45, 2.75) is 26.5 Å². The van der Waals surface area contributed by atoms with E-state index in [1.165, 1.54) is 17.1 Å². The van der Waals surface area contributed by atoms with Gasteiger partial charge in [0.1, 0.15) is 12.4 Å². The molecule has 0 saturated carbocycles. The van der Waals surface area contributed by atoms with Crippen molar-refractivity contribution in [3.63, 3.8) is 0 Å². The van der Waals surface area contributed by atoms with Crippen molar-refractivity contribution in [1.29, 1.82) is 0 Å². The van der Waals surface area contributed by atoms with Crippen LogP contribution in [0, 0.1) is 5.92 Å². The summed E-state index contributed by atoms with van der Waals surface area (Å²) in [5, 5.41) is 4.28. The summed E-state index contributed by atoms with van der Waals surface area (Å²) in [6.45, 7) is 4.80. The van der Waals surface area contributed by atoms with Gasteiger partial charge in [-0.2, -0.15) is 4.37 Å². The summed E-state index contributed by atoms with van der Waals surface area (Å²) < 4.78 is 14.5. The molecule has 114 valence electrons. The number of nitrogens with zero attached hydrogens (tertiary/aromatic N) is 2. The number of hydrogen-bond donors (Lipinski definition) is 1. The molecule has 2 rings (SSSR count). The van der Waals surface area contributed by atoms with E-state index in [1.807, 2.05) is 12.1 Å². The van der Waals surface area contributed by atoms with E-state index in [9.17, 15) is 0 Å². The lowest BCUT2D eigenvalue weighted by atomic mass is 9.96. The summed E-state index contributed by atoms with van der Waals surface area (Å²) in [5.41, 5.74) is 1.20. The zero-order valence-electron chi connectivity index (χ0n) is 12.8. The first kappa shape index (κ1) is 15.7. The standard InChI is InChI=1S/C15H21N3O2S/c1-10(2)14(11-5-7-12(20-4)8-6-11)17-15-16-13(9-19-3)18-21-15/h5-8,10,14H,9H2,1-4H3,(H,16,17,18). The highest BCUT2D eigenvalue weighted by molar-refractivity contribution is 7.09. The van der Waals surface area contributed by atoms with Crippen molar-refractivity contribution < 1.29 is 9.47 Å². The molecule has 1 atom stereocenters. The van der Waals surface area contributed by atoms with Gasteiger partial charge < -0.3 is 14.8 Å². The Morgan fingerprint density at radius 3 is 2.48 bits per heavy atom. The first-order chi connectivity index (χ1) is 10.1. The third kappa shape index (κ3) is 4.15. The maximum atomic E-state index is 5.20. The van der Waals surface area contributed by atoms with Crippen molar-refractivity contribution in [3.8, 4) is 5.75 Å². The van der Waals surface area contributed by atoms with Gasteiger partial charge in [-0.05, 0) is 23.6 Å². The van der Waals surface area contributed by atoms with E-state index in [0.717, 1.165) is 10.9 Å². The van der Waals surface area contributed by atoms with E-state index in [2.05, 4.69) is 40.7 Å². The van der Waals surface area contributed by atoms with Crippen molar-refractivity contribution in [3.05, 3.63) is 35.7 Å². The van der Waals surface area contributed by atoms with Crippen LogP contribution in [0.5, 0.6) is 5.75 Å². The van der Waals surface area contributed by atoms with Crippen molar-refractivity contribution >= 4 is 16.7 Å². The van der Waals surface area contributed by atoms with Crippen LogP contribution in [-0.4, -0.2) is 23.6 Å². The van der Waals surface area contributed by atoms with Gasteiger partial charge in [-0.1, -0.05) is 26.0 Å². The third-order valence-electron chi connectivity index (χ3n) is 3.16. The van der Waals surface area contributed by atoms with Gasteiger partial charge >= 0.3 is 0 Å². The van der Waals surface area contributed by atoms with Crippen LogP contribution >= 0.6 is 11.5 Å². The lowest BCUT2D eigenvalue weighted by molar-refractivity contribution is 0.179. The zero-order valence-corrected chi connectivity index (χ0v) is 13.6. The molecule has 0 aliphatic carbocycles.